The summed E-state index contributed by atoms with van der Waals surface area (Å²) in [7, 11) is -4.39. The first kappa shape index (κ1) is 26.9. The molecule has 27 heavy (non-hydrogen) atoms. The summed E-state index contributed by atoms with van der Waals surface area (Å²) >= 11 is 0. The SMILES string of the molecule is CCCCCCCCCc1ccccc1OCCOCCOS(=O)(=O)O.[NaH]. The summed E-state index contributed by atoms with van der Waals surface area (Å²) in [6.45, 7) is 2.78. The molecule has 0 bridgehead atoms. The molecule has 0 saturated carbocycles. The van der Waals surface area contributed by atoms with Gasteiger partial charge < -0.3 is 9.47 Å². The molecule has 0 aliphatic carbocycles. The van der Waals surface area contributed by atoms with Gasteiger partial charge in [0.25, 0.3) is 0 Å². The first-order valence-electron chi connectivity index (χ1n) is 9.43. The predicted octanol–water partition coefficient (Wildman–Crippen LogP) is 3.55. The normalized spacial score (nSPS) is 11.2. The predicted molar refractivity (Wildman–Crippen MR) is 109 cm³/mol. The number of unbranched alkanes of at least 4 members (excludes halogenated alkanes) is 6. The van der Waals surface area contributed by atoms with Gasteiger partial charge in [-0.25, -0.2) is 4.18 Å². The minimum atomic E-state index is -4.39. The average Bonchev–Trinajstić information content (AvgIpc) is 2.60. The van der Waals surface area contributed by atoms with Crippen LogP contribution in [0.4, 0.5) is 0 Å². The van der Waals surface area contributed by atoms with Crippen molar-refractivity contribution in [3.05, 3.63) is 29.8 Å². The quantitative estimate of drug-likeness (QED) is 0.254. The van der Waals surface area contributed by atoms with Crippen LogP contribution in [0.25, 0.3) is 0 Å². The summed E-state index contributed by atoms with van der Waals surface area (Å²) in [6.07, 6.45) is 9.99. The van der Waals surface area contributed by atoms with Gasteiger partial charge in [-0.15, -0.1) is 0 Å². The van der Waals surface area contributed by atoms with Crippen molar-refractivity contribution in [2.75, 3.05) is 26.4 Å². The number of hydrogen-bond donors (Lipinski definition) is 1. The maximum absolute atomic E-state index is 10.4. The van der Waals surface area contributed by atoms with Gasteiger partial charge in [-0.1, -0.05) is 63.6 Å². The molecule has 0 radical (unpaired) electrons. The molecule has 8 heteroatoms. The van der Waals surface area contributed by atoms with Crippen LogP contribution in [0.15, 0.2) is 24.3 Å². The molecule has 1 aromatic carbocycles. The van der Waals surface area contributed by atoms with Crippen molar-refractivity contribution in [3.63, 3.8) is 0 Å². The summed E-state index contributed by atoms with van der Waals surface area (Å²) in [5.41, 5.74) is 1.20. The Hall–Kier alpha value is -0.150. The molecule has 0 spiro atoms. The number of aryl methyl sites for hydroxylation is 1. The van der Waals surface area contributed by atoms with Crippen LogP contribution in [0.1, 0.15) is 57.4 Å². The first-order valence-corrected chi connectivity index (χ1v) is 10.8. The van der Waals surface area contributed by atoms with Gasteiger partial charge in [-0.05, 0) is 24.5 Å². The third-order valence-electron chi connectivity index (χ3n) is 3.97. The number of rotatable bonds is 16. The van der Waals surface area contributed by atoms with Crippen LogP contribution in [0, 0.1) is 0 Å². The molecule has 0 aliphatic rings. The molecular weight excluding hydrogens is 379 g/mol. The molecule has 0 heterocycles. The van der Waals surface area contributed by atoms with E-state index in [2.05, 4.69) is 17.2 Å². The Morgan fingerprint density at radius 2 is 1.52 bits per heavy atom. The molecule has 0 atom stereocenters. The molecule has 0 unspecified atom stereocenters. The van der Waals surface area contributed by atoms with Crippen LogP contribution in [0.3, 0.4) is 0 Å². The van der Waals surface area contributed by atoms with Crippen LogP contribution in [-0.4, -0.2) is 69.0 Å². The topological polar surface area (TPSA) is 82.1 Å². The number of ether oxygens (including phenoxy) is 2. The van der Waals surface area contributed by atoms with Crippen LogP contribution in [0.5, 0.6) is 5.75 Å². The zero-order valence-corrected chi connectivity index (χ0v) is 16.5. The van der Waals surface area contributed by atoms with Gasteiger partial charge in [0.05, 0.1) is 19.8 Å². The fourth-order valence-corrected chi connectivity index (χ4v) is 2.91. The van der Waals surface area contributed by atoms with Crippen molar-refractivity contribution in [1.29, 1.82) is 0 Å². The van der Waals surface area contributed by atoms with Crippen molar-refractivity contribution >= 4 is 40.0 Å². The van der Waals surface area contributed by atoms with Crippen molar-refractivity contribution in [2.24, 2.45) is 0 Å². The number of benzene rings is 1. The Morgan fingerprint density at radius 1 is 0.889 bits per heavy atom. The van der Waals surface area contributed by atoms with Gasteiger partial charge in [-0.2, -0.15) is 8.42 Å². The van der Waals surface area contributed by atoms with Gasteiger partial charge in [0.1, 0.15) is 12.4 Å². The van der Waals surface area contributed by atoms with E-state index in [9.17, 15) is 8.42 Å². The van der Waals surface area contributed by atoms with Gasteiger partial charge >= 0.3 is 40.0 Å². The minimum absolute atomic E-state index is 0. The molecule has 152 valence electrons. The summed E-state index contributed by atoms with van der Waals surface area (Å²) in [5, 5.41) is 0. The second kappa shape index (κ2) is 16.8. The Balaban J connectivity index is 0.00000676. The number of hydrogen-bond acceptors (Lipinski definition) is 5. The molecule has 0 fully saturated rings. The molecule has 1 N–H and O–H groups in total. The van der Waals surface area contributed by atoms with Crippen molar-refractivity contribution < 1.29 is 26.6 Å². The fourth-order valence-electron chi connectivity index (χ4n) is 2.63. The standard InChI is InChI=1S/C19H32O6S.Na.H/c1-2-3-4-5-6-7-8-11-18-12-9-10-13-19(18)24-16-14-23-15-17-25-26(20,21)22;;/h9-10,12-13H,2-8,11,14-17H2,1H3,(H,20,21,22);;. The average molecular weight is 413 g/mol. The Kier molecular flexibility index (Phi) is 16.7. The Labute approximate surface area is 186 Å². The molecule has 0 amide bonds. The zero-order valence-electron chi connectivity index (χ0n) is 15.7. The van der Waals surface area contributed by atoms with Crippen LogP contribution in [-0.2, 0) is 25.7 Å². The van der Waals surface area contributed by atoms with E-state index in [1.165, 1.54) is 44.1 Å². The first-order chi connectivity index (χ1) is 12.5. The van der Waals surface area contributed by atoms with E-state index in [0.29, 0.717) is 13.2 Å². The van der Waals surface area contributed by atoms with E-state index >= 15 is 0 Å². The molecule has 6 nitrogen and oxygen atoms in total. The van der Waals surface area contributed by atoms with E-state index < -0.39 is 10.4 Å². The molecule has 0 aromatic heterocycles. The Bertz CT molecular complexity index is 579. The molecule has 1 aromatic rings. The summed E-state index contributed by atoms with van der Waals surface area (Å²) < 4.78 is 44.3. The summed E-state index contributed by atoms with van der Waals surface area (Å²) in [6, 6.07) is 8.02. The van der Waals surface area contributed by atoms with Gasteiger partial charge in [0.15, 0.2) is 0 Å². The van der Waals surface area contributed by atoms with Gasteiger partial charge in [-0.3, -0.25) is 4.55 Å². The van der Waals surface area contributed by atoms with E-state index in [0.717, 1.165) is 18.6 Å². The Morgan fingerprint density at radius 3 is 2.22 bits per heavy atom. The molecule has 1 rings (SSSR count). The molecular formula is C19H33NaO6S. The monoisotopic (exact) mass is 412 g/mol. The zero-order chi connectivity index (χ0) is 19.1. The van der Waals surface area contributed by atoms with Crippen molar-refractivity contribution in [3.8, 4) is 5.75 Å². The fraction of sp³-hybridized carbons (Fsp3) is 0.684. The second-order valence-corrected chi connectivity index (χ2v) is 7.28. The van der Waals surface area contributed by atoms with Crippen LogP contribution >= 0.6 is 0 Å². The van der Waals surface area contributed by atoms with Crippen LogP contribution < -0.4 is 4.74 Å². The number of para-hydroxylation sites is 1. The summed E-state index contributed by atoms with van der Waals surface area (Å²) in [4.78, 5) is 0. The molecule has 0 saturated heterocycles. The molecule has 0 aliphatic heterocycles. The second-order valence-electron chi connectivity index (χ2n) is 6.19. The van der Waals surface area contributed by atoms with Gasteiger partial charge in [0.2, 0.25) is 0 Å². The third kappa shape index (κ3) is 15.4. The summed E-state index contributed by atoms with van der Waals surface area (Å²) in [5.74, 6) is 0.872. The van der Waals surface area contributed by atoms with Gasteiger partial charge in [0, 0.05) is 0 Å². The van der Waals surface area contributed by atoms with Crippen molar-refractivity contribution in [1.82, 2.24) is 0 Å². The van der Waals surface area contributed by atoms with E-state index in [4.69, 9.17) is 14.0 Å². The van der Waals surface area contributed by atoms with Crippen LogP contribution in [0.2, 0.25) is 0 Å². The van der Waals surface area contributed by atoms with Crippen molar-refractivity contribution in [2.45, 2.75) is 58.3 Å². The van der Waals surface area contributed by atoms with E-state index in [1.54, 1.807) is 0 Å². The van der Waals surface area contributed by atoms with E-state index in [-0.39, 0.29) is 42.8 Å². The maximum atomic E-state index is 10.4. The van der Waals surface area contributed by atoms with E-state index in [1.807, 2.05) is 18.2 Å². The third-order valence-corrected chi connectivity index (χ3v) is 4.43.